The molecule has 0 spiro atoms. The molecular weight excluding hydrogens is 137 g/mol. The van der Waals surface area contributed by atoms with Gasteiger partial charge in [-0.1, -0.05) is 0 Å². The molecule has 0 aromatic heterocycles. The maximum atomic E-state index is 12.5. The minimum absolute atomic E-state index is 0.0556. The molecule has 0 fully saturated rings. The minimum Gasteiger partial charge on any atom is -0.508 e. The highest BCUT2D eigenvalue weighted by molar-refractivity contribution is 6.34. The Labute approximate surface area is 57.7 Å². The number of phenolic OH excluding ortho intramolecular Hbond substituents is 1. The molecule has 0 aliphatic rings. The zero-order valence-electron chi connectivity index (χ0n) is 5.36. The van der Waals surface area contributed by atoms with E-state index in [1.807, 2.05) is 0 Å². The molecule has 1 rings (SSSR count). The average molecular weight is 142 g/mol. The molecule has 0 saturated heterocycles. The summed E-state index contributed by atoms with van der Waals surface area (Å²) in [6, 6.07) is 2.01. The first kappa shape index (κ1) is 7.06. The Kier molecular flexibility index (Phi) is 1.61. The van der Waals surface area contributed by atoms with E-state index in [1.54, 1.807) is 0 Å². The number of aromatic hydroxyl groups is 1. The summed E-state index contributed by atoms with van der Waals surface area (Å²) in [7, 11) is 1.31. The van der Waals surface area contributed by atoms with Gasteiger partial charge >= 0.3 is 0 Å². The highest BCUT2D eigenvalue weighted by atomic mass is 19.2. The zero-order chi connectivity index (χ0) is 7.72. The van der Waals surface area contributed by atoms with Crippen LogP contribution in [0.3, 0.4) is 0 Å². The molecule has 1 aromatic rings. The number of benzene rings is 1. The van der Waals surface area contributed by atoms with Gasteiger partial charge in [-0.05, 0) is 17.6 Å². The first-order chi connectivity index (χ1) is 4.63. The van der Waals surface area contributed by atoms with Crippen LogP contribution in [-0.2, 0) is 0 Å². The third-order valence-corrected chi connectivity index (χ3v) is 1.31. The predicted molar refractivity (Wildman–Crippen MR) is 36.2 cm³/mol. The largest absolute Gasteiger partial charge is 0.508 e. The van der Waals surface area contributed by atoms with Crippen LogP contribution in [0.1, 0.15) is 0 Å². The molecule has 4 heteroatoms. The van der Waals surface area contributed by atoms with Crippen molar-refractivity contribution in [2.24, 2.45) is 0 Å². The molecule has 0 atom stereocenters. The maximum Gasteiger partial charge on any atom is 0.158 e. The van der Waals surface area contributed by atoms with Crippen molar-refractivity contribution in [2.45, 2.75) is 0 Å². The number of halogens is 2. The molecule has 10 heavy (non-hydrogen) atoms. The van der Waals surface area contributed by atoms with Gasteiger partial charge in [0.1, 0.15) is 13.6 Å². The second-order valence-corrected chi connectivity index (χ2v) is 2.01. The summed E-state index contributed by atoms with van der Waals surface area (Å²) in [6.45, 7) is 0. The van der Waals surface area contributed by atoms with Crippen molar-refractivity contribution in [3.63, 3.8) is 0 Å². The summed E-state index contributed by atoms with van der Waals surface area (Å²) in [5, 5.41) is 8.82. The smallest absolute Gasteiger partial charge is 0.158 e. The summed E-state index contributed by atoms with van der Waals surface area (Å²) in [5.41, 5.74) is -0.0556. The second-order valence-electron chi connectivity index (χ2n) is 2.01. The van der Waals surface area contributed by atoms with Crippen molar-refractivity contribution in [1.82, 2.24) is 0 Å². The lowest BCUT2D eigenvalue weighted by Gasteiger charge is -1.99. The van der Waals surface area contributed by atoms with Crippen LogP contribution in [0.5, 0.6) is 5.75 Å². The van der Waals surface area contributed by atoms with Crippen LogP contribution in [0, 0.1) is 11.6 Å². The fourth-order valence-corrected chi connectivity index (χ4v) is 0.642. The van der Waals surface area contributed by atoms with Crippen LogP contribution in [-0.4, -0.2) is 13.0 Å². The van der Waals surface area contributed by atoms with E-state index in [1.165, 1.54) is 7.85 Å². The Bertz CT molecular complexity index is 235. The van der Waals surface area contributed by atoms with E-state index < -0.39 is 11.6 Å². The molecule has 0 unspecified atom stereocenters. The van der Waals surface area contributed by atoms with Gasteiger partial charge in [-0.3, -0.25) is 0 Å². The number of hydrogen-bond donors (Lipinski definition) is 1. The Hall–Kier alpha value is -1.06. The Balaban J connectivity index is 3.34. The molecule has 0 aliphatic carbocycles. The predicted octanol–water partition coefficient (Wildman–Crippen LogP) is -0.0712. The Morgan fingerprint density at radius 2 is 1.90 bits per heavy atom. The fourth-order valence-electron chi connectivity index (χ4n) is 0.642. The first-order valence-electron chi connectivity index (χ1n) is 2.76. The van der Waals surface area contributed by atoms with Crippen molar-refractivity contribution >= 4 is 13.3 Å². The van der Waals surface area contributed by atoms with Gasteiger partial charge in [0, 0.05) is 0 Å². The van der Waals surface area contributed by atoms with E-state index in [4.69, 9.17) is 5.11 Å². The van der Waals surface area contributed by atoms with Crippen LogP contribution in [0.2, 0.25) is 0 Å². The van der Waals surface area contributed by atoms with E-state index in [9.17, 15) is 8.78 Å². The van der Waals surface area contributed by atoms with E-state index in [0.717, 1.165) is 12.1 Å². The van der Waals surface area contributed by atoms with Gasteiger partial charge < -0.3 is 5.11 Å². The van der Waals surface area contributed by atoms with Gasteiger partial charge in [0.25, 0.3) is 0 Å². The first-order valence-corrected chi connectivity index (χ1v) is 2.76. The van der Waals surface area contributed by atoms with E-state index in [2.05, 4.69) is 0 Å². The molecular formula is C6H5BF2O. The van der Waals surface area contributed by atoms with Crippen LogP contribution in [0.4, 0.5) is 8.78 Å². The van der Waals surface area contributed by atoms with Crippen molar-refractivity contribution < 1.29 is 13.9 Å². The third kappa shape index (κ3) is 0.965. The van der Waals surface area contributed by atoms with E-state index in [0.29, 0.717) is 0 Å². The van der Waals surface area contributed by atoms with Crippen LogP contribution < -0.4 is 5.46 Å². The monoisotopic (exact) mass is 142 g/mol. The minimum atomic E-state index is -0.986. The number of rotatable bonds is 0. The van der Waals surface area contributed by atoms with Gasteiger partial charge in [-0.25, -0.2) is 8.78 Å². The molecule has 0 bridgehead atoms. The number of hydrogen-bond acceptors (Lipinski definition) is 1. The van der Waals surface area contributed by atoms with Gasteiger partial charge in [0.2, 0.25) is 0 Å². The molecule has 0 radical (unpaired) electrons. The average Bonchev–Trinajstić information content (AvgIpc) is 1.93. The lowest BCUT2D eigenvalue weighted by atomic mass is 9.94. The molecule has 0 amide bonds. The molecule has 0 heterocycles. The molecule has 52 valence electrons. The SMILES string of the molecule is Bc1c(O)ccc(F)c1F. The number of phenols is 1. The Morgan fingerprint density at radius 3 is 2.40 bits per heavy atom. The molecule has 0 aliphatic heterocycles. The van der Waals surface area contributed by atoms with Gasteiger partial charge in [-0.2, -0.15) is 0 Å². The standard InChI is InChI=1S/C6H5BF2O/c7-5-4(10)2-1-3(8)6(5)9/h1-2,10H,7H2. The van der Waals surface area contributed by atoms with Crippen LogP contribution >= 0.6 is 0 Å². The van der Waals surface area contributed by atoms with Crippen molar-refractivity contribution in [3.8, 4) is 5.75 Å². The lowest BCUT2D eigenvalue weighted by molar-refractivity contribution is 0.463. The lowest BCUT2D eigenvalue weighted by Crippen LogP contribution is -2.10. The van der Waals surface area contributed by atoms with Gasteiger partial charge in [0.05, 0.1) is 0 Å². The molecule has 1 N–H and O–H groups in total. The summed E-state index contributed by atoms with van der Waals surface area (Å²) in [5.74, 6) is -2.14. The van der Waals surface area contributed by atoms with Crippen molar-refractivity contribution in [3.05, 3.63) is 23.8 Å². The third-order valence-electron chi connectivity index (χ3n) is 1.31. The Morgan fingerprint density at radius 1 is 1.30 bits per heavy atom. The highest BCUT2D eigenvalue weighted by Crippen LogP contribution is 2.08. The zero-order valence-corrected chi connectivity index (χ0v) is 5.36. The molecule has 0 saturated carbocycles. The maximum absolute atomic E-state index is 12.5. The quantitative estimate of drug-likeness (QED) is 0.502. The fraction of sp³-hybridized carbons (Fsp3) is 0. The molecule has 1 aromatic carbocycles. The summed E-state index contributed by atoms with van der Waals surface area (Å²) < 4.78 is 24.7. The van der Waals surface area contributed by atoms with Crippen molar-refractivity contribution in [1.29, 1.82) is 0 Å². The van der Waals surface area contributed by atoms with Crippen molar-refractivity contribution in [2.75, 3.05) is 0 Å². The summed E-state index contributed by atoms with van der Waals surface area (Å²) in [4.78, 5) is 0. The highest BCUT2D eigenvalue weighted by Gasteiger charge is 2.06. The van der Waals surface area contributed by atoms with E-state index >= 15 is 0 Å². The summed E-state index contributed by atoms with van der Waals surface area (Å²) >= 11 is 0. The van der Waals surface area contributed by atoms with E-state index in [-0.39, 0.29) is 11.2 Å². The normalized spacial score (nSPS) is 9.80. The van der Waals surface area contributed by atoms with Gasteiger partial charge in [0.15, 0.2) is 11.6 Å². The van der Waals surface area contributed by atoms with Crippen LogP contribution in [0.25, 0.3) is 0 Å². The topological polar surface area (TPSA) is 20.2 Å². The van der Waals surface area contributed by atoms with Crippen LogP contribution in [0.15, 0.2) is 12.1 Å². The summed E-state index contributed by atoms with van der Waals surface area (Å²) in [6.07, 6.45) is 0. The molecule has 1 nitrogen and oxygen atoms in total. The second kappa shape index (κ2) is 2.29. The van der Waals surface area contributed by atoms with Gasteiger partial charge in [-0.15, -0.1) is 0 Å².